The van der Waals surface area contributed by atoms with Crippen molar-refractivity contribution in [3.63, 3.8) is 0 Å². The van der Waals surface area contributed by atoms with Crippen LogP contribution in [0.2, 0.25) is 0 Å². The SMILES string of the molecule is CC1CCN(C(=O)C2CCN(S(=O)(=O)c3ccc(C(=O)O)o3)CC2)CC1. The summed E-state index contributed by atoms with van der Waals surface area (Å²) < 4.78 is 31.4. The van der Waals surface area contributed by atoms with Crippen LogP contribution in [0.5, 0.6) is 0 Å². The Morgan fingerprint density at radius 3 is 2.23 bits per heavy atom. The maximum atomic E-state index is 12.6. The van der Waals surface area contributed by atoms with Crippen LogP contribution in [-0.2, 0) is 14.8 Å². The van der Waals surface area contributed by atoms with E-state index in [-0.39, 0.29) is 30.0 Å². The van der Waals surface area contributed by atoms with E-state index in [9.17, 15) is 18.0 Å². The van der Waals surface area contributed by atoms with E-state index in [1.807, 2.05) is 4.90 Å². The van der Waals surface area contributed by atoms with Crippen molar-refractivity contribution >= 4 is 21.9 Å². The van der Waals surface area contributed by atoms with Crippen molar-refractivity contribution < 1.29 is 27.5 Å². The molecule has 2 saturated heterocycles. The fourth-order valence-electron chi connectivity index (χ4n) is 3.53. The third-order valence-electron chi connectivity index (χ3n) is 5.28. The van der Waals surface area contributed by atoms with Gasteiger partial charge in [-0.05, 0) is 43.7 Å². The highest BCUT2D eigenvalue weighted by molar-refractivity contribution is 7.89. The van der Waals surface area contributed by atoms with Gasteiger partial charge < -0.3 is 14.4 Å². The minimum atomic E-state index is -3.88. The van der Waals surface area contributed by atoms with Crippen LogP contribution < -0.4 is 0 Å². The molecule has 0 radical (unpaired) electrons. The predicted octanol–water partition coefficient (Wildman–Crippen LogP) is 1.64. The Balaban J connectivity index is 1.60. The van der Waals surface area contributed by atoms with E-state index in [1.165, 1.54) is 4.31 Å². The standard InChI is InChI=1S/C17H24N2O6S/c1-12-4-8-18(9-5-12)16(20)13-6-10-19(11-7-13)26(23,24)15-3-2-14(25-15)17(21)22/h2-3,12-13H,4-11H2,1H3,(H,21,22). The van der Waals surface area contributed by atoms with Crippen LogP contribution in [0.4, 0.5) is 0 Å². The summed E-state index contributed by atoms with van der Waals surface area (Å²) in [6, 6.07) is 2.29. The number of piperidine rings is 2. The van der Waals surface area contributed by atoms with Gasteiger partial charge in [0, 0.05) is 32.1 Å². The van der Waals surface area contributed by atoms with Crippen molar-refractivity contribution in [2.24, 2.45) is 11.8 Å². The van der Waals surface area contributed by atoms with Crippen LogP contribution >= 0.6 is 0 Å². The van der Waals surface area contributed by atoms with E-state index in [2.05, 4.69) is 6.92 Å². The predicted molar refractivity (Wildman–Crippen MR) is 92.1 cm³/mol. The number of sulfonamides is 1. The molecule has 2 aliphatic rings. The van der Waals surface area contributed by atoms with Gasteiger partial charge in [0.1, 0.15) is 0 Å². The zero-order valence-electron chi connectivity index (χ0n) is 14.8. The number of likely N-dealkylation sites (tertiary alicyclic amines) is 1. The summed E-state index contributed by atoms with van der Waals surface area (Å²) in [5.74, 6) is -1.10. The largest absolute Gasteiger partial charge is 0.475 e. The van der Waals surface area contributed by atoms with E-state index in [0.717, 1.165) is 38.1 Å². The van der Waals surface area contributed by atoms with E-state index in [0.29, 0.717) is 18.8 Å². The van der Waals surface area contributed by atoms with Gasteiger partial charge in [0.15, 0.2) is 0 Å². The number of carboxylic acid groups (broad SMARTS) is 1. The first kappa shape index (κ1) is 18.9. The smallest absolute Gasteiger partial charge is 0.371 e. The third-order valence-corrected chi connectivity index (χ3v) is 7.06. The van der Waals surface area contributed by atoms with Crippen LogP contribution in [0.1, 0.15) is 43.2 Å². The number of hydrogen-bond donors (Lipinski definition) is 1. The van der Waals surface area contributed by atoms with Crippen LogP contribution in [0, 0.1) is 11.8 Å². The Labute approximate surface area is 152 Å². The van der Waals surface area contributed by atoms with Gasteiger partial charge in [-0.1, -0.05) is 6.92 Å². The average Bonchev–Trinajstić information content (AvgIpc) is 3.13. The summed E-state index contributed by atoms with van der Waals surface area (Å²) >= 11 is 0. The maximum Gasteiger partial charge on any atom is 0.371 e. The number of carbonyl (C=O) groups is 2. The second-order valence-electron chi connectivity index (χ2n) is 7.11. The van der Waals surface area contributed by atoms with Gasteiger partial charge in [-0.3, -0.25) is 4.79 Å². The number of amides is 1. The van der Waals surface area contributed by atoms with Gasteiger partial charge in [-0.2, -0.15) is 4.31 Å². The van der Waals surface area contributed by atoms with Crippen LogP contribution in [-0.4, -0.2) is 60.8 Å². The molecular formula is C17H24N2O6S. The number of hydrogen-bond acceptors (Lipinski definition) is 5. The van der Waals surface area contributed by atoms with Crippen molar-refractivity contribution in [2.45, 2.75) is 37.7 Å². The first-order chi connectivity index (χ1) is 12.3. The van der Waals surface area contributed by atoms with Gasteiger partial charge in [0.25, 0.3) is 10.0 Å². The number of carboxylic acids is 1. The van der Waals surface area contributed by atoms with Crippen LogP contribution in [0.25, 0.3) is 0 Å². The molecule has 1 aromatic rings. The molecule has 0 bridgehead atoms. The Morgan fingerprint density at radius 2 is 1.69 bits per heavy atom. The quantitative estimate of drug-likeness (QED) is 0.845. The minimum absolute atomic E-state index is 0.125. The summed E-state index contributed by atoms with van der Waals surface area (Å²) in [5.41, 5.74) is 0. The molecule has 2 aliphatic heterocycles. The summed E-state index contributed by atoms with van der Waals surface area (Å²) in [5, 5.41) is 8.50. The van der Waals surface area contributed by atoms with Crippen molar-refractivity contribution in [1.82, 2.24) is 9.21 Å². The molecule has 1 amide bonds. The van der Waals surface area contributed by atoms with E-state index >= 15 is 0 Å². The van der Waals surface area contributed by atoms with Crippen LogP contribution in [0.15, 0.2) is 21.6 Å². The fourth-order valence-corrected chi connectivity index (χ4v) is 4.91. The molecule has 0 aromatic carbocycles. The number of rotatable bonds is 4. The number of nitrogens with zero attached hydrogens (tertiary/aromatic N) is 2. The zero-order valence-corrected chi connectivity index (χ0v) is 15.6. The number of carbonyl (C=O) groups excluding carboxylic acids is 1. The molecular weight excluding hydrogens is 360 g/mol. The second kappa shape index (κ2) is 7.40. The molecule has 0 aliphatic carbocycles. The number of furan rings is 1. The molecule has 1 N–H and O–H groups in total. The molecule has 0 spiro atoms. The first-order valence-corrected chi connectivity index (χ1v) is 10.3. The molecule has 3 heterocycles. The normalized spacial score (nSPS) is 21.0. The first-order valence-electron chi connectivity index (χ1n) is 8.91. The number of aromatic carboxylic acids is 1. The monoisotopic (exact) mass is 384 g/mol. The highest BCUT2D eigenvalue weighted by Crippen LogP contribution is 2.27. The zero-order chi connectivity index (χ0) is 18.9. The fraction of sp³-hybridized carbons (Fsp3) is 0.647. The molecule has 3 rings (SSSR count). The molecule has 0 atom stereocenters. The topological polar surface area (TPSA) is 108 Å². The molecule has 26 heavy (non-hydrogen) atoms. The van der Waals surface area contributed by atoms with E-state index in [1.54, 1.807) is 0 Å². The van der Waals surface area contributed by atoms with E-state index < -0.39 is 21.8 Å². The van der Waals surface area contributed by atoms with E-state index in [4.69, 9.17) is 9.52 Å². The molecule has 1 aromatic heterocycles. The lowest BCUT2D eigenvalue weighted by molar-refractivity contribution is -0.138. The van der Waals surface area contributed by atoms with Crippen LogP contribution in [0.3, 0.4) is 0 Å². The Morgan fingerprint density at radius 1 is 1.08 bits per heavy atom. The maximum absolute atomic E-state index is 12.6. The van der Waals surface area contributed by atoms with Crippen molar-refractivity contribution in [3.05, 3.63) is 17.9 Å². The molecule has 2 fully saturated rings. The van der Waals surface area contributed by atoms with Gasteiger partial charge in [0.2, 0.25) is 16.8 Å². The Bertz CT molecular complexity index is 771. The van der Waals surface area contributed by atoms with Gasteiger partial charge in [-0.25, -0.2) is 13.2 Å². The van der Waals surface area contributed by atoms with Crippen molar-refractivity contribution in [3.8, 4) is 0 Å². The Hall–Kier alpha value is -1.87. The lowest BCUT2D eigenvalue weighted by Crippen LogP contribution is -2.46. The lowest BCUT2D eigenvalue weighted by atomic mass is 9.93. The lowest BCUT2D eigenvalue weighted by Gasteiger charge is -2.36. The average molecular weight is 384 g/mol. The summed E-state index contributed by atoms with van der Waals surface area (Å²) in [6.45, 7) is 4.21. The third kappa shape index (κ3) is 3.78. The second-order valence-corrected chi connectivity index (χ2v) is 8.98. The molecule has 144 valence electrons. The van der Waals surface area contributed by atoms with Crippen molar-refractivity contribution in [2.75, 3.05) is 26.2 Å². The van der Waals surface area contributed by atoms with Gasteiger partial charge in [-0.15, -0.1) is 0 Å². The molecule has 0 saturated carbocycles. The minimum Gasteiger partial charge on any atom is -0.475 e. The molecule has 8 nitrogen and oxygen atoms in total. The van der Waals surface area contributed by atoms with Gasteiger partial charge >= 0.3 is 5.97 Å². The Kier molecular flexibility index (Phi) is 5.38. The summed E-state index contributed by atoms with van der Waals surface area (Å²) in [4.78, 5) is 25.4. The highest BCUT2D eigenvalue weighted by atomic mass is 32.2. The summed E-state index contributed by atoms with van der Waals surface area (Å²) in [7, 11) is -3.88. The summed E-state index contributed by atoms with van der Waals surface area (Å²) in [6.07, 6.45) is 2.97. The highest BCUT2D eigenvalue weighted by Gasteiger charge is 2.36. The molecule has 9 heteroatoms. The van der Waals surface area contributed by atoms with Gasteiger partial charge in [0.05, 0.1) is 0 Å². The van der Waals surface area contributed by atoms with Crippen molar-refractivity contribution in [1.29, 1.82) is 0 Å². The molecule has 0 unspecified atom stereocenters.